The average molecular weight is 293 g/mol. The number of anilines is 2. The van der Waals surface area contributed by atoms with Gasteiger partial charge in [0.2, 0.25) is 11.8 Å². The number of hydrogen-bond acceptors (Lipinski definition) is 4. The highest BCUT2D eigenvalue weighted by Crippen LogP contribution is 2.27. The van der Waals surface area contributed by atoms with E-state index in [2.05, 4.69) is 22.9 Å². The van der Waals surface area contributed by atoms with E-state index in [0.29, 0.717) is 23.2 Å². The van der Waals surface area contributed by atoms with Crippen LogP contribution in [0.4, 0.5) is 11.4 Å². The van der Waals surface area contributed by atoms with E-state index in [4.69, 9.17) is 4.74 Å². The van der Waals surface area contributed by atoms with E-state index in [1.807, 2.05) is 6.92 Å². The second-order valence-corrected chi connectivity index (χ2v) is 4.83. The van der Waals surface area contributed by atoms with Crippen LogP contribution < -0.4 is 20.7 Å². The maximum absolute atomic E-state index is 11.8. The van der Waals surface area contributed by atoms with Crippen molar-refractivity contribution < 1.29 is 14.3 Å². The molecule has 1 aromatic rings. The van der Waals surface area contributed by atoms with E-state index < -0.39 is 0 Å². The lowest BCUT2D eigenvalue weighted by Crippen LogP contribution is -2.33. The van der Waals surface area contributed by atoms with Crippen molar-refractivity contribution >= 4 is 23.2 Å². The lowest BCUT2D eigenvalue weighted by Gasteiger charge is -2.13. The molecule has 6 heteroatoms. The van der Waals surface area contributed by atoms with Gasteiger partial charge in [0.05, 0.1) is 19.3 Å². The second-order valence-electron chi connectivity index (χ2n) is 4.83. The van der Waals surface area contributed by atoms with Gasteiger partial charge in [-0.05, 0) is 25.5 Å². The van der Waals surface area contributed by atoms with Gasteiger partial charge in [-0.25, -0.2) is 0 Å². The van der Waals surface area contributed by atoms with Crippen molar-refractivity contribution in [3.63, 3.8) is 0 Å². The summed E-state index contributed by atoms with van der Waals surface area (Å²) >= 11 is 0. The van der Waals surface area contributed by atoms with Crippen LogP contribution in [0.5, 0.6) is 5.75 Å². The maximum Gasteiger partial charge on any atom is 0.238 e. The molecule has 116 valence electrons. The Kier molecular flexibility index (Phi) is 6.68. The third-order valence-electron chi connectivity index (χ3n) is 3.02. The highest BCUT2D eigenvalue weighted by molar-refractivity contribution is 5.94. The number of rotatable bonds is 7. The summed E-state index contributed by atoms with van der Waals surface area (Å²) in [5.41, 5.74) is 1.19. The molecule has 1 unspecified atom stereocenters. The van der Waals surface area contributed by atoms with Gasteiger partial charge < -0.3 is 20.7 Å². The fourth-order valence-electron chi connectivity index (χ4n) is 1.68. The van der Waals surface area contributed by atoms with Crippen LogP contribution in [0.2, 0.25) is 0 Å². The highest BCUT2D eigenvalue weighted by atomic mass is 16.5. The normalized spacial score (nSPS) is 11.6. The van der Waals surface area contributed by atoms with Crippen LogP contribution in [-0.2, 0) is 9.59 Å². The Morgan fingerprint density at radius 3 is 2.57 bits per heavy atom. The Balaban J connectivity index is 2.67. The van der Waals surface area contributed by atoms with E-state index in [0.717, 1.165) is 6.42 Å². The van der Waals surface area contributed by atoms with Crippen molar-refractivity contribution in [1.82, 2.24) is 5.32 Å². The molecule has 1 aromatic carbocycles. The SMILES string of the molecule is CCC(C)NCC(=O)Nc1ccc(NC(C)=O)c(OC)c1. The molecule has 0 spiro atoms. The molecule has 0 radical (unpaired) electrons. The van der Waals surface area contributed by atoms with Gasteiger partial charge in [-0.1, -0.05) is 6.92 Å². The summed E-state index contributed by atoms with van der Waals surface area (Å²) in [5.74, 6) is 0.199. The Hall–Kier alpha value is -2.08. The molecule has 3 N–H and O–H groups in total. The molecular formula is C15H23N3O3. The number of ether oxygens (including phenoxy) is 1. The first-order valence-electron chi connectivity index (χ1n) is 6.95. The van der Waals surface area contributed by atoms with Crippen LogP contribution in [0.15, 0.2) is 18.2 Å². The number of benzene rings is 1. The molecule has 0 heterocycles. The molecule has 21 heavy (non-hydrogen) atoms. The van der Waals surface area contributed by atoms with E-state index in [1.165, 1.54) is 14.0 Å². The van der Waals surface area contributed by atoms with Crippen LogP contribution in [0, 0.1) is 0 Å². The third-order valence-corrected chi connectivity index (χ3v) is 3.02. The minimum atomic E-state index is -0.178. The fourth-order valence-corrected chi connectivity index (χ4v) is 1.68. The zero-order valence-corrected chi connectivity index (χ0v) is 12.9. The van der Waals surface area contributed by atoms with E-state index >= 15 is 0 Å². The number of nitrogens with one attached hydrogen (secondary N) is 3. The lowest BCUT2D eigenvalue weighted by atomic mass is 10.2. The van der Waals surface area contributed by atoms with Crippen molar-refractivity contribution in [1.29, 1.82) is 0 Å². The van der Waals surface area contributed by atoms with Gasteiger partial charge in [0.15, 0.2) is 0 Å². The Morgan fingerprint density at radius 2 is 2.00 bits per heavy atom. The van der Waals surface area contributed by atoms with Gasteiger partial charge in [0.1, 0.15) is 5.75 Å². The van der Waals surface area contributed by atoms with Crippen LogP contribution in [-0.4, -0.2) is 31.5 Å². The summed E-state index contributed by atoms with van der Waals surface area (Å²) in [6.45, 7) is 5.76. The molecule has 2 amide bonds. The maximum atomic E-state index is 11.8. The Morgan fingerprint density at radius 1 is 1.29 bits per heavy atom. The standard InChI is InChI=1S/C15H23N3O3/c1-5-10(2)16-9-15(20)18-12-6-7-13(17-11(3)19)14(8-12)21-4/h6-8,10,16H,5,9H2,1-4H3,(H,17,19)(H,18,20). The molecule has 0 aliphatic rings. The van der Waals surface area contributed by atoms with Gasteiger partial charge in [0.25, 0.3) is 0 Å². The van der Waals surface area contributed by atoms with Crippen molar-refractivity contribution in [2.75, 3.05) is 24.3 Å². The minimum Gasteiger partial charge on any atom is -0.494 e. The molecule has 0 bridgehead atoms. The molecule has 0 saturated carbocycles. The third kappa shape index (κ3) is 5.83. The van der Waals surface area contributed by atoms with E-state index in [9.17, 15) is 9.59 Å². The smallest absolute Gasteiger partial charge is 0.238 e. The fraction of sp³-hybridized carbons (Fsp3) is 0.467. The second kappa shape index (κ2) is 8.26. The number of carbonyl (C=O) groups excluding carboxylic acids is 2. The summed E-state index contributed by atoms with van der Waals surface area (Å²) in [7, 11) is 1.51. The molecular weight excluding hydrogens is 270 g/mol. The van der Waals surface area contributed by atoms with Crippen LogP contribution in [0.3, 0.4) is 0 Å². The zero-order chi connectivity index (χ0) is 15.8. The molecule has 1 atom stereocenters. The van der Waals surface area contributed by atoms with E-state index in [-0.39, 0.29) is 18.4 Å². The van der Waals surface area contributed by atoms with Gasteiger partial charge in [-0.3, -0.25) is 9.59 Å². The summed E-state index contributed by atoms with van der Waals surface area (Å²) in [6.07, 6.45) is 0.965. The predicted molar refractivity (Wildman–Crippen MR) is 83.7 cm³/mol. The average Bonchev–Trinajstić information content (AvgIpc) is 2.45. The first kappa shape index (κ1) is 17.0. The van der Waals surface area contributed by atoms with E-state index in [1.54, 1.807) is 18.2 Å². The Bertz CT molecular complexity index is 503. The lowest BCUT2D eigenvalue weighted by molar-refractivity contribution is -0.115. The number of amides is 2. The van der Waals surface area contributed by atoms with Gasteiger partial charge in [-0.15, -0.1) is 0 Å². The van der Waals surface area contributed by atoms with Gasteiger partial charge in [-0.2, -0.15) is 0 Å². The van der Waals surface area contributed by atoms with Gasteiger partial charge >= 0.3 is 0 Å². The quantitative estimate of drug-likeness (QED) is 0.718. The first-order valence-corrected chi connectivity index (χ1v) is 6.95. The van der Waals surface area contributed by atoms with Crippen LogP contribution in [0.1, 0.15) is 27.2 Å². The molecule has 1 rings (SSSR count). The molecule has 0 saturated heterocycles. The minimum absolute atomic E-state index is 0.121. The number of methoxy groups -OCH3 is 1. The molecule has 0 aliphatic carbocycles. The topological polar surface area (TPSA) is 79.5 Å². The van der Waals surface area contributed by atoms with Crippen LogP contribution >= 0.6 is 0 Å². The summed E-state index contributed by atoms with van der Waals surface area (Å²) < 4.78 is 5.20. The van der Waals surface area contributed by atoms with Gasteiger partial charge in [0, 0.05) is 24.7 Å². The van der Waals surface area contributed by atoms with Crippen molar-refractivity contribution in [3.8, 4) is 5.75 Å². The molecule has 6 nitrogen and oxygen atoms in total. The largest absolute Gasteiger partial charge is 0.494 e. The number of hydrogen-bond donors (Lipinski definition) is 3. The molecule has 0 aromatic heterocycles. The highest BCUT2D eigenvalue weighted by Gasteiger charge is 2.09. The number of carbonyl (C=O) groups is 2. The monoisotopic (exact) mass is 293 g/mol. The van der Waals surface area contributed by atoms with Crippen molar-refractivity contribution in [2.24, 2.45) is 0 Å². The summed E-state index contributed by atoms with van der Waals surface area (Å²) in [5, 5.41) is 8.56. The molecule has 0 fully saturated rings. The Labute approximate surface area is 125 Å². The zero-order valence-electron chi connectivity index (χ0n) is 12.9. The first-order chi connectivity index (χ1) is 9.96. The predicted octanol–water partition coefficient (Wildman–Crippen LogP) is 1.98. The van der Waals surface area contributed by atoms with Crippen LogP contribution in [0.25, 0.3) is 0 Å². The summed E-state index contributed by atoms with van der Waals surface area (Å²) in [4.78, 5) is 22.9. The van der Waals surface area contributed by atoms with Crippen molar-refractivity contribution in [3.05, 3.63) is 18.2 Å². The summed E-state index contributed by atoms with van der Waals surface area (Å²) in [6, 6.07) is 5.38. The molecule has 0 aliphatic heterocycles. The van der Waals surface area contributed by atoms with Crippen molar-refractivity contribution in [2.45, 2.75) is 33.2 Å².